The molecule has 1 atom stereocenters. The van der Waals surface area contributed by atoms with Gasteiger partial charge in [0.15, 0.2) is 0 Å². The van der Waals surface area contributed by atoms with Crippen molar-refractivity contribution >= 4 is 39.1 Å². The number of carbonyl (C=O) groups excluding carboxylic acids is 2. The Morgan fingerprint density at radius 1 is 0.935 bits per heavy atom. The molecule has 0 aromatic heterocycles. The third-order valence-corrected chi connectivity index (χ3v) is 5.84. The van der Waals surface area contributed by atoms with Crippen molar-refractivity contribution in [1.82, 2.24) is 0 Å². The van der Waals surface area contributed by atoms with E-state index in [1.807, 2.05) is 32.0 Å². The summed E-state index contributed by atoms with van der Waals surface area (Å²) >= 11 is 3.36. The number of aliphatic hydroxyl groups excluding tert-OH is 1. The van der Waals surface area contributed by atoms with E-state index in [0.29, 0.717) is 11.1 Å². The van der Waals surface area contributed by atoms with E-state index in [-0.39, 0.29) is 22.8 Å². The van der Waals surface area contributed by atoms with Crippen LogP contribution in [0, 0.1) is 13.8 Å². The molecule has 156 valence electrons. The highest BCUT2D eigenvalue weighted by Gasteiger charge is 2.47. The molecule has 5 nitrogen and oxygen atoms in total. The number of hydrogen-bond acceptors (Lipinski definition) is 4. The first-order chi connectivity index (χ1) is 14.8. The molecule has 6 heteroatoms. The van der Waals surface area contributed by atoms with Crippen LogP contribution in [0.5, 0.6) is 5.75 Å². The number of ketones is 1. The van der Waals surface area contributed by atoms with Crippen molar-refractivity contribution in [2.24, 2.45) is 0 Å². The molecule has 31 heavy (non-hydrogen) atoms. The highest BCUT2D eigenvalue weighted by atomic mass is 79.9. The van der Waals surface area contributed by atoms with Crippen LogP contribution in [-0.4, -0.2) is 21.9 Å². The zero-order valence-corrected chi connectivity index (χ0v) is 18.6. The van der Waals surface area contributed by atoms with Gasteiger partial charge in [-0.1, -0.05) is 64.0 Å². The highest BCUT2D eigenvalue weighted by Crippen LogP contribution is 2.45. The molecule has 2 N–H and O–H groups in total. The number of halogens is 1. The van der Waals surface area contributed by atoms with Gasteiger partial charge in [-0.2, -0.15) is 0 Å². The van der Waals surface area contributed by atoms with E-state index in [1.165, 1.54) is 11.0 Å². The van der Waals surface area contributed by atoms with Crippen LogP contribution >= 0.6 is 15.9 Å². The molecule has 1 aliphatic heterocycles. The average molecular weight is 478 g/mol. The van der Waals surface area contributed by atoms with E-state index in [1.54, 1.807) is 42.5 Å². The minimum atomic E-state index is -0.878. The number of rotatable bonds is 3. The van der Waals surface area contributed by atoms with Crippen molar-refractivity contribution in [2.45, 2.75) is 19.9 Å². The van der Waals surface area contributed by atoms with Gasteiger partial charge in [0.2, 0.25) is 0 Å². The van der Waals surface area contributed by atoms with E-state index in [0.717, 1.165) is 15.6 Å². The SMILES string of the molecule is Cc1cccc(C2/C(=C(\O)c3ccc(Br)cc3)C(=O)C(=O)N2c2cc(C)ccc2O)c1. The monoisotopic (exact) mass is 477 g/mol. The molecule has 1 unspecified atom stereocenters. The number of phenols is 1. The van der Waals surface area contributed by atoms with Crippen LogP contribution in [0.3, 0.4) is 0 Å². The Bertz CT molecular complexity index is 1230. The lowest BCUT2D eigenvalue weighted by Crippen LogP contribution is -2.29. The predicted octanol–water partition coefficient (Wildman–Crippen LogP) is 5.40. The second kappa shape index (κ2) is 8.04. The number of nitrogens with zero attached hydrogens (tertiary/aromatic N) is 1. The number of aliphatic hydroxyl groups is 1. The minimum Gasteiger partial charge on any atom is -0.507 e. The Morgan fingerprint density at radius 2 is 1.61 bits per heavy atom. The number of Topliss-reactive ketones (excluding diaryl/α,β-unsaturated/α-hetero) is 1. The lowest BCUT2D eigenvalue weighted by molar-refractivity contribution is -0.132. The smallest absolute Gasteiger partial charge is 0.300 e. The Hall–Kier alpha value is -3.38. The molecule has 0 bridgehead atoms. The van der Waals surface area contributed by atoms with Gasteiger partial charge in [-0.15, -0.1) is 0 Å². The summed E-state index contributed by atoms with van der Waals surface area (Å²) < 4.78 is 0.824. The Labute approximate surface area is 188 Å². The molecule has 4 rings (SSSR count). The Morgan fingerprint density at radius 3 is 2.29 bits per heavy atom. The fraction of sp³-hybridized carbons (Fsp3) is 0.120. The standard InChI is InChI=1S/C25H20BrNO4/c1-14-4-3-5-17(12-14)22-21(23(29)16-7-9-18(26)10-8-16)24(30)25(31)27(22)19-13-15(2)6-11-20(19)28/h3-13,22,28-29H,1-2H3/b23-21+. The van der Waals surface area contributed by atoms with Crippen LogP contribution in [0.1, 0.15) is 28.3 Å². The van der Waals surface area contributed by atoms with Gasteiger partial charge >= 0.3 is 0 Å². The number of aryl methyl sites for hydroxylation is 2. The number of phenolic OH excluding ortho intramolecular Hbond substituents is 1. The zero-order chi connectivity index (χ0) is 22.3. The Kier molecular flexibility index (Phi) is 5.41. The lowest BCUT2D eigenvalue weighted by Gasteiger charge is -2.26. The number of anilines is 1. The molecule has 0 spiro atoms. The molecule has 0 saturated carbocycles. The number of aromatic hydroxyl groups is 1. The summed E-state index contributed by atoms with van der Waals surface area (Å²) in [5.41, 5.74) is 3.07. The first-order valence-corrected chi connectivity index (χ1v) is 10.5. The van der Waals surface area contributed by atoms with Crippen LogP contribution < -0.4 is 4.90 Å². The largest absolute Gasteiger partial charge is 0.507 e. The van der Waals surface area contributed by atoms with Crippen molar-refractivity contribution in [3.63, 3.8) is 0 Å². The number of carbonyl (C=O) groups is 2. The van der Waals surface area contributed by atoms with Crippen LogP contribution in [0.15, 0.2) is 76.8 Å². The zero-order valence-electron chi connectivity index (χ0n) is 17.0. The molecule has 0 aliphatic carbocycles. The van der Waals surface area contributed by atoms with Crippen LogP contribution in [0.4, 0.5) is 5.69 Å². The third kappa shape index (κ3) is 3.75. The van der Waals surface area contributed by atoms with Gasteiger partial charge in [-0.05, 0) is 49.2 Å². The van der Waals surface area contributed by atoms with Crippen molar-refractivity contribution < 1.29 is 19.8 Å². The van der Waals surface area contributed by atoms with Crippen LogP contribution in [-0.2, 0) is 9.59 Å². The van der Waals surface area contributed by atoms with Crippen molar-refractivity contribution in [1.29, 1.82) is 0 Å². The molecule has 1 aliphatic rings. The van der Waals surface area contributed by atoms with Gasteiger partial charge < -0.3 is 10.2 Å². The van der Waals surface area contributed by atoms with Gasteiger partial charge in [0.05, 0.1) is 17.3 Å². The molecular weight excluding hydrogens is 458 g/mol. The van der Waals surface area contributed by atoms with Gasteiger partial charge in [-0.25, -0.2) is 0 Å². The Balaban J connectivity index is 1.99. The number of hydrogen-bond donors (Lipinski definition) is 2. The highest BCUT2D eigenvalue weighted by molar-refractivity contribution is 9.10. The summed E-state index contributed by atoms with van der Waals surface area (Å²) in [6.45, 7) is 3.75. The van der Waals surface area contributed by atoms with E-state index in [9.17, 15) is 19.8 Å². The quantitative estimate of drug-likeness (QED) is 0.300. The maximum Gasteiger partial charge on any atom is 0.300 e. The van der Waals surface area contributed by atoms with Crippen LogP contribution in [0.25, 0.3) is 5.76 Å². The van der Waals surface area contributed by atoms with Crippen molar-refractivity contribution in [2.75, 3.05) is 4.90 Å². The summed E-state index contributed by atoms with van der Waals surface area (Å²) in [5, 5.41) is 21.6. The topological polar surface area (TPSA) is 77.8 Å². The molecule has 0 radical (unpaired) electrons. The van der Waals surface area contributed by atoms with Crippen LogP contribution in [0.2, 0.25) is 0 Å². The number of benzene rings is 3. The molecule has 1 saturated heterocycles. The minimum absolute atomic E-state index is 0.0150. The maximum absolute atomic E-state index is 13.2. The average Bonchev–Trinajstić information content (AvgIpc) is 3.00. The molecule has 1 heterocycles. The second-order valence-electron chi connectivity index (χ2n) is 7.58. The van der Waals surface area contributed by atoms with Gasteiger partial charge in [-0.3, -0.25) is 14.5 Å². The van der Waals surface area contributed by atoms with Gasteiger partial charge in [0, 0.05) is 10.0 Å². The molecule has 1 fully saturated rings. The van der Waals surface area contributed by atoms with Crippen molar-refractivity contribution in [3.8, 4) is 5.75 Å². The summed E-state index contributed by atoms with van der Waals surface area (Å²) in [5.74, 6) is -1.97. The van der Waals surface area contributed by atoms with E-state index < -0.39 is 17.7 Å². The first kappa shape index (κ1) is 20.9. The first-order valence-electron chi connectivity index (χ1n) is 9.71. The van der Waals surface area contributed by atoms with E-state index >= 15 is 0 Å². The fourth-order valence-electron chi connectivity index (χ4n) is 3.83. The summed E-state index contributed by atoms with van der Waals surface area (Å²) in [4.78, 5) is 27.6. The second-order valence-corrected chi connectivity index (χ2v) is 8.50. The predicted molar refractivity (Wildman–Crippen MR) is 123 cm³/mol. The molecule has 1 amide bonds. The third-order valence-electron chi connectivity index (χ3n) is 5.31. The lowest BCUT2D eigenvalue weighted by atomic mass is 9.94. The normalized spacial score (nSPS) is 17.9. The van der Waals surface area contributed by atoms with Gasteiger partial charge in [0.25, 0.3) is 11.7 Å². The number of amides is 1. The van der Waals surface area contributed by atoms with E-state index in [4.69, 9.17) is 0 Å². The summed E-state index contributed by atoms with van der Waals surface area (Å²) in [6, 6.07) is 18.2. The summed E-state index contributed by atoms with van der Waals surface area (Å²) in [7, 11) is 0. The molecule has 3 aromatic carbocycles. The summed E-state index contributed by atoms with van der Waals surface area (Å²) in [6.07, 6.45) is 0. The van der Waals surface area contributed by atoms with E-state index in [2.05, 4.69) is 15.9 Å². The van der Waals surface area contributed by atoms with Crippen molar-refractivity contribution in [3.05, 3.63) is 99.0 Å². The fourth-order valence-corrected chi connectivity index (χ4v) is 4.09. The van der Waals surface area contributed by atoms with Gasteiger partial charge in [0.1, 0.15) is 11.5 Å². The molecule has 3 aromatic rings. The molecular formula is C25H20BrNO4. The maximum atomic E-state index is 13.2.